The molecule has 170 valence electrons. The Balaban J connectivity index is 1.19. The average Bonchev–Trinajstić information content (AvgIpc) is 3.56. The quantitative estimate of drug-likeness (QED) is 0.459. The second-order valence-corrected chi connectivity index (χ2v) is 10.1. The zero-order chi connectivity index (χ0) is 22.6. The molecule has 0 bridgehead atoms. The maximum absolute atomic E-state index is 13.0. The molecule has 2 N–H and O–H groups in total. The van der Waals surface area contributed by atoms with Crippen molar-refractivity contribution in [3.8, 4) is 11.1 Å². The van der Waals surface area contributed by atoms with Crippen molar-refractivity contribution in [2.45, 2.75) is 31.6 Å². The van der Waals surface area contributed by atoms with E-state index in [4.69, 9.17) is 17.2 Å². The molecule has 2 fully saturated rings. The number of aromatic nitrogens is 1. The van der Waals surface area contributed by atoms with E-state index in [1.54, 1.807) is 11.3 Å². The summed E-state index contributed by atoms with van der Waals surface area (Å²) in [4.78, 5) is 19.9. The fourth-order valence-corrected chi connectivity index (χ4v) is 5.46. The number of amides is 1. The van der Waals surface area contributed by atoms with E-state index in [0.717, 1.165) is 65.3 Å². The fraction of sp³-hybridized carbons (Fsp3) is 0.346. The molecule has 1 saturated carbocycles. The van der Waals surface area contributed by atoms with E-state index in [1.807, 2.05) is 60.0 Å². The number of carbonyl (C=O) groups is 1. The Labute approximate surface area is 204 Å². The molecule has 1 aliphatic heterocycles. The van der Waals surface area contributed by atoms with Crippen LogP contribution in [0.4, 0.5) is 5.69 Å². The third-order valence-corrected chi connectivity index (χ3v) is 7.79. The molecule has 5 nitrogen and oxygen atoms in total. The Morgan fingerprint density at radius 1 is 1.03 bits per heavy atom. The molecule has 1 saturated heterocycles. The fourth-order valence-electron chi connectivity index (χ4n) is 4.22. The number of anilines is 1. The Morgan fingerprint density at radius 3 is 2.52 bits per heavy atom. The summed E-state index contributed by atoms with van der Waals surface area (Å²) in [7, 11) is 0. The van der Waals surface area contributed by atoms with Gasteiger partial charge in [-0.3, -0.25) is 4.79 Å². The molecule has 0 radical (unpaired) electrons. The molecule has 7 heteroatoms. The molecule has 3 aromatic rings. The second kappa shape index (κ2) is 10.0. The predicted octanol–water partition coefficient (Wildman–Crippen LogP) is 5.53. The zero-order valence-corrected chi connectivity index (χ0v) is 20.1. The Morgan fingerprint density at radius 2 is 1.76 bits per heavy atom. The summed E-state index contributed by atoms with van der Waals surface area (Å²) in [5.41, 5.74) is 3.36. The lowest BCUT2D eigenvalue weighted by Gasteiger charge is -2.33. The van der Waals surface area contributed by atoms with Crippen LogP contribution in [0.1, 0.15) is 47.1 Å². The highest BCUT2D eigenvalue weighted by Crippen LogP contribution is 2.32. The van der Waals surface area contributed by atoms with Gasteiger partial charge >= 0.3 is 0 Å². The van der Waals surface area contributed by atoms with Crippen molar-refractivity contribution < 1.29 is 4.79 Å². The number of para-hydroxylation sites is 1. The number of nitrogens with one attached hydrogen (secondary N) is 2. The van der Waals surface area contributed by atoms with Crippen LogP contribution in [0.2, 0.25) is 0 Å². The maximum atomic E-state index is 13.0. The second-order valence-electron chi connectivity index (χ2n) is 8.83. The normalized spacial score (nSPS) is 16.4. The third-order valence-electron chi connectivity index (χ3n) is 6.38. The molecule has 0 spiro atoms. The molecule has 2 aromatic carbocycles. The van der Waals surface area contributed by atoms with Crippen molar-refractivity contribution in [1.29, 1.82) is 0 Å². The number of rotatable bonds is 6. The van der Waals surface area contributed by atoms with Crippen LogP contribution in [0.5, 0.6) is 0 Å². The average molecular weight is 477 g/mol. The Hall–Kier alpha value is -2.77. The van der Waals surface area contributed by atoms with Crippen LogP contribution in [-0.4, -0.2) is 40.5 Å². The van der Waals surface area contributed by atoms with Gasteiger partial charge < -0.3 is 15.5 Å². The van der Waals surface area contributed by atoms with Crippen LogP contribution in [0.15, 0.2) is 60.0 Å². The van der Waals surface area contributed by atoms with Crippen molar-refractivity contribution in [3.63, 3.8) is 0 Å². The number of hydrogen-bond donors (Lipinski definition) is 2. The molecule has 2 aliphatic rings. The van der Waals surface area contributed by atoms with E-state index in [9.17, 15) is 4.79 Å². The summed E-state index contributed by atoms with van der Waals surface area (Å²) in [5.74, 6) is 1.04. The molecular formula is C26H28N4OS2. The minimum Gasteiger partial charge on any atom is -0.362 e. The number of benzene rings is 2. The van der Waals surface area contributed by atoms with Gasteiger partial charge in [0.05, 0.1) is 5.01 Å². The molecule has 1 amide bonds. The maximum Gasteiger partial charge on any atom is 0.275 e. The number of thiocarbonyl (C=S) groups is 1. The van der Waals surface area contributed by atoms with Gasteiger partial charge in [-0.2, -0.15) is 0 Å². The monoisotopic (exact) mass is 476 g/mol. The van der Waals surface area contributed by atoms with Gasteiger partial charge in [-0.1, -0.05) is 48.5 Å². The van der Waals surface area contributed by atoms with Crippen molar-refractivity contribution in [2.24, 2.45) is 5.92 Å². The number of carbonyl (C=O) groups excluding carboxylic acids is 1. The SMILES string of the molecule is O=C(Nc1ccccc1-c1ccccc1)c1csc(C2CCN(C(=S)NCC3CC3)CC2)n1. The van der Waals surface area contributed by atoms with E-state index >= 15 is 0 Å². The van der Waals surface area contributed by atoms with Crippen molar-refractivity contribution in [3.05, 3.63) is 70.7 Å². The van der Waals surface area contributed by atoms with Crippen LogP contribution in [-0.2, 0) is 0 Å². The molecule has 1 aromatic heterocycles. The summed E-state index contributed by atoms with van der Waals surface area (Å²) in [6.07, 6.45) is 4.68. The molecule has 2 heterocycles. The highest BCUT2D eigenvalue weighted by Gasteiger charge is 2.26. The highest BCUT2D eigenvalue weighted by molar-refractivity contribution is 7.80. The van der Waals surface area contributed by atoms with Gasteiger partial charge in [0.15, 0.2) is 5.11 Å². The minimum atomic E-state index is -0.163. The molecule has 5 rings (SSSR count). The highest BCUT2D eigenvalue weighted by atomic mass is 32.1. The van der Waals surface area contributed by atoms with Gasteiger partial charge in [-0.25, -0.2) is 4.98 Å². The first-order valence-electron chi connectivity index (χ1n) is 11.6. The van der Waals surface area contributed by atoms with E-state index in [0.29, 0.717) is 11.6 Å². The lowest BCUT2D eigenvalue weighted by molar-refractivity contribution is 0.102. The van der Waals surface area contributed by atoms with Gasteiger partial charge in [-0.05, 0) is 55.4 Å². The van der Waals surface area contributed by atoms with Crippen LogP contribution in [0.25, 0.3) is 11.1 Å². The van der Waals surface area contributed by atoms with Gasteiger partial charge in [0.2, 0.25) is 0 Å². The van der Waals surface area contributed by atoms with Crippen LogP contribution >= 0.6 is 23.6 Å². The van der Waals surface area contributed by atoms with E-state index in [2.05, 4.69) is 15.5 Å². The van der Waals surface area contributed by atoms with Crippen molar-refractivity contribution in [1.82, 2.24) is 15.2 Å². The molecule has 0 unspecified atom stereocenters. The smallest absolute Gasteiger partial charge is 0.275 e. The van der Waals surface area contributed by atoms with Crippen LogP contribution in [0.3, 0.4) is 0 Å². The lowest BCUT2D eigenvalue weighted by Crippen LogP contribution is -2.44. The lowest BCUT2D eigenvalue weighted by atomic mass is 9.98. The summed E-state index contributed by atoms with van der Waals surface area (Å²) in [6.45, 7) is 2.89. The van der Waals surface area contributed by atoms with E-state index in [-0.39, 0.29) is 5.91 Å². The minimum absolute atomic E-state index is 0.163. The van der Waals surface area contributed by atoms with Gasteiger partial charge in [0.1, 0.15) is 5.69 Å². The molecule has 0 atom stereocenters. The standard InChI is InChI=1S/C26H28N4OS2/c31-24(28-22-9-5-4-8-21(22)19-6-2-1-3-7-19)23-17-33-25(29-23)20-12-14-30(15-13-20)26(32)27-16-18-10-11-18/h1-9,17-18,20H,10-16H2,(H,27,32)(H,28,31). The first-order chi connectivity index (χ1) is 16.2. The summed E-state index contributed by atoms with van der Waals surface area (Å²) in [6, 6.07) is 18.0. The number of thiazole rings is 1. The van der Waals surface area contributed by atoms with Gasteiger partial charge in [-0.15, -0.1) is 11.3 Å². The van der Waals surface area contributed by atoms with Crippen molar-refractivity contribution in [2.75, 3.05) is 25.0 Å². The van der Waals surface area contributed by atoms with Crippen LogP contribution < -0.4 is 10.6 Å². The van der Waals surface area contributed by atoms with E-state index < -0.39 is 0 Å². The Bertz CT molecular complexity index is 1120. The summed E-state index contributed by atoms with van der Waals surface area (Å²) < 4.78 is 0. The molecule has 33 heavy (non-hydrogen) atoms. The molecular weight excluding hydrogens is 448 g/mol. The zero-order valence-electron chi connectivity index (χ0n) is 18.5. The van der Waals surface area contributed by atoms with Gasteiger partial charge in [0.25, 0.3) is 5.91 Å². The number of likely N-dealkylation sites (tertiary alicyclic amines) is 1. The molecule has 1 aliphatic carbocycles. The predicted molar refractivity (Wildman–Crippen MR) is 139 cm³/mol. The van der Waals surface area contributed by atoms with Crippen molar-refractivity contribution >= 4 is 40.3 Å². The largest absolute Gasteiger partial charge is 0.362 e. The number of nitrogens with zero attached hydrogens (tertiary/aromatic N) is 2. The van der Waals surface area contributed by atoms with Gasteiger partial charge in [0, 0.05) is 42.2 Å². The van der Waals surface area contributed by atoms with E-state index in [1.165, 1.54) is 12.8 Å². The third kappa shape index (κ3) is 5.42. The number of hydrogen-bond acceptors (Lipinski definition) is 4. The first-order valence-corrected chi connectivity index (χ1v) is 12.9. The topological polar surface area (TPSA) is 57.3 Å². The summed E-state index contributed by atoms with van der Waals surface area (Å²) >= 11 is 7.16. The summed E-state index contributed by atoms with van der Waals surface area (Å²) in [5, 5.41) is 10.3. The van der Waals surface area contributed by atoms with Crippen LogP contribution in [0, 0.1) is 5.92 Å². The first kappa shape index (κ1) is 22.0. The number of piperidine rings is 1. The Kier molecular flexibility index (Phi) is 6.69.